The average Bonchev–Trinajstić information content (AvgIpc) is 2.71. The van der Waals surface area contributed by atoms with Crippen LogP contribution in [0, 0.1) is 5.92 Å². The highest BCUT2D eigenvalue weighted by atomic mass is 19.4. The standard InChI is InChI=1S/C22H23F6NO/c1-14(17-11-18(21(23,24)25)13-19(12-17)22(26,27)28)30-20(15-5-3-2-4-6-15)16-7-9-29-10-8-16/h2-6,11-14,16,20,29H,7-10H2,1H3. The zero-order valence-electron chi connectivity index (χ0n) is 16.4. The van der Waals surface area contributed by atoms with E-state index in [-0.39, 0.29) is 17.5 Å². The van der Waals surface area contributed by atoms with Crippen LogP contribution >= 0.6 is 0 Å². The van der Waals surface area contributed by atoms with Gasteiger partial charge in [0.1, 0.15) is 0 Å². The molecule has 1 heterocycles. The van der Waals surface area contributed by atoms with Crippen molar-refractivity contribution in [1.29, 1.82) is 0 Å². The van der Waals surface area contributed by atoms with Crippen LogP contribution in [-0.4, -0.2) is 13.1 Å². The molecule has 0 spiro atoms. The molecule has 0 radical (unpaired) electrons. The maximum Gasteiger partial charge on any atom is 0.416 e. The Morgan fingerprint density at radius 3 is 1.87 bits per heavy atom. The maximum atomic E-state index is 13.2. The zero-order valence-corrected chi connectivity index (χ0v) is 16.4. The summed E-state index contributed by atoms with van der Waals surface area (Å²) in [5.41, 5.74) is -1.95. The van der Waals surface area contributed by atoms with Crippen molar-refractivity contribution in [3.63, 3.8) is 0 Å². The van der Waals surface area contributed by atoms with Crippen LogP contribution in [0.15, 0.2) is 48.5 Å². The summed E-state index contributed by atoms with van der Waals surface area (Å²) in [7, 11) is 0. The fraction of sp³-hybridized carbons (Fsp3) is 0.455. The fourth-order valence-corrected chi connectivity index (χ4v) is 3.76. The van der Waals surface area contributed by atoms with E-state index in [1.165, 1.54) is 6.92 Å². The number of rotatable bonds is 5. The first kappa shape index (κ1) is 22.6. The molecule has 0 bridgehead atoms. The van der Waals surface area contributed by atoms with Crippen molar-refractivity contribution >= 4 is 0 Å². The summed E-state index contributed by atoms with van der Waals surface area (Å²) in [6, 6.07) is 10.9. The van der Waals surface area contributed by atoms with Crippen molar-refractivity contribution in [3.05, 3.63) is 70.8 Å². The van der Waals surface area contributed by atoms with Gasteiger partial charge in [-0.2, -0.15) is 26.3 Å². The zero-order chi connectivity index (χ0) is 21.9. The van der Waals surface area contributed by atoms with Gasteiger partial charge in [-0.15, -0.1) is 0 Å². The number of hydrogen-bond acceptors (Lipinski definition) is 2. The lowest BCUT2D eigenvalue weighted by Crippen LogP contribution is -2.32. The monoisotopic (exact) mass is 431 g/mol. The molecule has 8 heteroatoms. The molecule has 2 nitrogen and oxygen atoms in total. The minimum atomic E-state index is -4.89. The average molecular weight is 431 g/mol. The summed E-state index contributed by atoms with van der Waals surface area (Å²) >= 11 is 0. The molecule has 1 aliphatic rings. The Balaban J connectivity index is 1.94. The van der Waals surface area contributed by atoms with Crippen LogP contribution in [0.4, 0.5) is 26.3 Å². The Morgan fingerprint density at radius 2 is 1.37 bits per heavy atom. The third-order valence-electron chi connectivity index (χ3n) is 5.37. The van der Waals surface area contributed by atoms with Gasteiger partial charge in [0.15, 0.2) is 0 Å². The van der Waals surface area contributed by atoms with Gasteiger partial charge in [-0.25, -0.2) is 0 Å². The van der Waals surface area contributed by atoms with E-state index in [0.29, 0.717) is 0 Å². The molecule has 3 rings (SSSR count). The van der Waals surface area contributed by atoms with Gasteiger partial charge in [-0.1, -0.05) is 30.3 Å². The topological polar surface area (TPSA) is 21.3 Å². The first-order chi connectivity index (χ1) is 14.1. The molecular weight excluding hydrogens is 408 g/mol. The SMILES string of the molecule is CC(OC(c1ccccc1)C1CCNCC1)c1cc(C(F)(F)F)cc(C(F)(F)F)c1. The highest BCUT2D eigenvalue weighted by Crippen LogP contribution is 2.40. The third-order valence-corrected chi connectivity index (χ3v) is 5.37. The maximum absolute atomic E-state index is 13.2. The molecule has 0 aliphatic carbocycles. The van der Waals surface area contributed by atoms with Gasteiger partial charge in [0.2, 0.25) is 0 Å². The molecule has 1 saturated heterocycles. The summed E-state index contributed by atoms with van der Waals surface area (Å²) < 4.78 is 85.4. The Bertz CT molecular complexity index is 796. The molecule has 1 fully saturated rings. The minimum absolute atomic E-state index is 0.115. The highest BCUT2D eigenvalue weighted by Gasteiger charge is 2.38. The molecule has 0 amide bonds. The molecule has 164 valence electrons. The largest absolute Gasteiger partial charge is 0.416 e. The predicted octanol–water partition coefficient (Wildman–Crippen LogP) is 6.54. The lowest BCUT2D eigenvalue weighted by atomic mass is 9.87. The van der Waals surface area contributed by atoms with Crippen LogP contribution in [0.2, 0.25) is 0 Å². The summed E-state index contributed by atoms with van der Waals surface area (Å²) in [5, 5.41) is 3.25. The molecule has 2 atom stereocenters. The van der Waals surface area contributed by atoms with Crippen molar-refractivity contribution in [2.75, 3.05) is 13.1 Å². The third kappa shape index (κ3) is 5.55. The van der Waals surface area contributed by atoms with E-state index in [1.54, 1.807) is 0 Å². The fourth-order valence-electron chi connectivity index (χ4n) is 3.76. The van der Waals surface area contributed by atoms with Crippen LogP contribution in [0.25, 0.3) is 0 Å². The van der Waals surface area contributed by atoms with E-state index in [4.69, 9.17) is 4.74 Å². The summed E-state index contributed by atoms with van der Waals surface area (Å²) in [6.07, 6.45) is -9.53. The summed E-state index contributed by atoms with van der Waals surface area (Å²) in [5.74, 6) is 0.115. The normalized spacial score (nSPS) is 18.2. The van der Waals surface area contributed by atoms with Crippen molar-refractivity contribution in [1.82, 2.24) is 5.32 Å². The number of hydrogen-bond donors (Lipinski definition) is 1. The lowest BCUT2D eigenvalue weighted by molar-refractivity contribution is -0.143. The van der Waals surface area contributed by atoms with Gasteiger partial charge >= 0.3 is 12.4 Å². The van der Waals surface area contributed by atoms with Gasteiger partial charge in [-0.05, 0) is 68.1 Å². The van der Waals surface area contributed by atoms with Crippen molar-refractivity contribution in [2.24, 2.45) is 5.92 Å². The molecule has 2 unspecified atom stereocenters. The molecule has 1 aliphatic heterocycles. The number of benzene rings is 2. The van der Waals surface area contributed by atoms with Crippen molar-refractivity contribution in [2.45, 2.75) is 44.3 Å². The molecule has 0 aromatic heterocycles. The number of ether oxygens (including phenoxy) is 1. The van der Waals surface area contributed by atoms with E-state index >= 15 is 0 Å². The number of alkyl halides is 6. The Kier molecular flexibility index (Phi) is 6.77. The molecule has 30 heavy (non-hydrogen) atoms. The molecule has 2 aromatic rings. The van der Waals surface area contributed by atoms with E-state index in [1.807, 2.05) is 30.3 Å². The van der Waals surface area contributed by atoms with Gasteiger partial charge < -0.3 is 10.1 Å². The molecule has 1 N–H and O–H groups in total. The van der Waals surface area contributed by atoms with Gasteiger partial charge in [0.25, 0.3) is 0 Å². The molecule has 2 aromatic carbocycles. The smallest absolute Gasteiger partial charge is 0.366 e. The lowest BCUT2D eigenvalue weighted by Gasteiger charge is -2.33. The number of piperidine rings is 1. The van der Waals surface area contributed by atoms with E-state index in [9.17, 15) is 26.3 Å². The van der Waals surface area contributed by atoms with Crippen LogP contribution in [-0.2, 0) is 17.1 Å². The second kappa shape index (κ2) is 8.98. The Labute approximate surface area is 171 Å². The van der Waals surface area contributed by atoms with Crippen molar-refractivity contribution < 1.29 is 31.1 Å². The Hall–Kier alpha value is -2.06. The van der Waals surface area contributed by atoms with Crippen LogP contribution in [0.5, 0.6) is 0 Å². The van der Waals surface area contributed by atoms with Crippen LogP contribution in [0.3, 0.4) is 0 Å². The predicted molar refractivity (Wildman–Crippen MR) is 101 cm³/mol. The van der Waals surface area contributed by atoms with Gasteiger partial charge in [0, 0.05) is 0 Å². The minimum Gasteiger partial charge on any atom is -0.366 e. The second-order valence-corrected chi connectivity index (χ2v) is 7.54. The number of nitrogens with one attached hydrogen (secondary N) is 1. The van der Waals surface area contributed by atoms with Crippen molar-refractivity contribution in [3.8, 4) is 0 Å². The number of halogens is 6. The van der Waals surface area contributed by atoms with Crippen LogP contribution in [0.1, 0.15) is 54.2 Å². The summed E-state index contributed by atoms with van der Waals surface area (Å²) in [4.78, 5) is 0. The Morgan fingerprint density at radius 1 is 0.833 bits per heavy atom. The molecule has 0 saturated carbocycles. The first-order valence-corrected chi connectivity index (χ1v) is 9.76. The van der Waals surface area contributed by atoms with Crippen LogP contribution < -0.4 is 5.32 Å². The second-order valence-electron chi connectivity index (χ2n) is 7.54. The molecular formula is C22H23F6NO. The first-order valence-electron chi connectivity index (χ1n) is 9.76. The van der Waals surface area contributed by atoms with E-state index in [0.717, 1.165) is 43.6 Å². The van der Waals surface area contributed by atoms with Gasteiger partial charge in [-0.3, -0.25) is 0 Å². The summed E-state index contributed by atoms with van der Waals surface area (Å²) in [6.45, 7) is 3.06. The van der Waals surface area contributed by atoms with Gasteiger partial charge in [0.05, 0.1) is 23.3 Å². The van der Waals surface area contributed by atoms with E-state index < -0.39 is 35.7 Å². The van der Waals surface area contributed by atoms with E-state index in [2.05, 4.69) is 5.32 Å². The highest BCUT2D eigenvalue weighted by molar-refractivity contribution is 5.35. The quantitative estimate of drug-likeness (QED) is 0.543.